The van der Waals surface area contributed by atoms with Crippen LogP contribution in [0.2, 0.25) is 0 Å². The predicted molar refractivity (Wildman–Crippen MR) is 123 cm³/mol. The van der Waals surface area contributed by atoms with Gasteiger partial charge in [-0.25, -0.2) is 9.66 Å². The number of amides is 1. The second-order valence-electron chi connectivity index (χ2n) is 6.85. The van der Waals surface area contributed by atoms with Gasteiger partial charge >= 0.3 is 0 Å². The Hall–Kier alpha value is -3.11. The molecule has 3 heterocycles. The minimum absolute atomic E-state index is 0.0837. The van der Waals surface area contributed by atoms with E-state index >= 15 is 0 Å². The highest BCUT2D eigenvalue weighted by Gasteiger charge is 2.19. The van der Waals surface area contributed by atoms with E-state index in [2.05, 4.69) is 22.1 Å². The summed E-state index contributed by atoms with van der Waals surface area (Å²) in [5.74, 6) is 7.93. The van der Waals surface area contributed by atoms with Crippen molar-refractivity contribution in [3.8, 4) is 11.4 Å². The van der Waals surface area contributed by atoms with Gasteiger partial charge in [-0.3, -0.25) is 9.69 Å². The maximum atomic E-state index is 12.3. The van der Waals surface area contributed by atoms with Crippen LogP contribution >= 0.6 is 23.1 Å². The van der Waals surface area contributed by atoms with Gasteiger partial charge < -0.3 is 10.3 Å². The molecule has 8 nitrogen and oxygen atoms in total. The number of nitrogens with two attached hydrogens (primary N) is 1. The molecule has 0 spiro atoms. The van der Waals surface area contributed by atoms with Gasteiger partial charge in [0.15, 0.2) is 11.0 Å². The van der Waals surface area contributed by atoms with Gasteiger partial charge in [-0.2, -0.15) is 0 Å². The minimum Gasteiger partial charge on any atom is -0.469 e. The summed E-state index contributed by atoms with van der Waals surface area (Å²) in [7, 11) is 0. The van der Waals surface area contributed by atoms with Crippen LogP contribution < -0.4 is 10.7 Å². The average Bonchev–Trinajstić information content (AvgIpc) is 3.48. The first-order valence-corrected chi connectivity index (χ1v) is 11.6. The monoisotopic (exact) mass is 454 g/mol. The highest BCUT2D eigenvalue weighted by Crippen LogP contribution is 2.32. The number of hydrogen-bond acceptors (Lipinski definition) is 8. The number of anilines is 2. The molecule has 0 aliphatic carbocycles. The molecule has 0 saturated heterocycles. The second-order valence-corrected chi connectivity index (χ2v) is 8.63. The Labute approximate surface area is 188 Å². The van der Waals surface area contributed by atoms with E-state index in [9.17, 15) is 4.79 Å². The van der Waals surface area contributed by atoms with Gasteiger partial charge in [0.2, 0.25) is 11.1 Å². The molecular formula is C21H22N6O2S2. The van der Waals surface area contributed by atoms with Crippen molar-refractivity contribution in [2.24, 2.45) is 0 Å². The molecule has 4 rings (SSSR count). The molecule has 31 heavy (non-hydrogen) atoms. The van der Waals surface area contributed by atoms with Crippen LogP contribution in [0.25, 0.3) is 11.4 Å². The number of hydrogen-bond donors (Lipinski definition) is 1. The lowest BCUT2D eigenvalue weighted by Crippen LogP contribution is -2.22. The third kappa shape index (κ3) is 4.35. The van der Waals surface area contributed by atoms with E-state index in [1.807, 2.05) is 42.6 Å². The van der Waals surface area contributed by atoms with Crippen LogP contribution in [0.5, 0.6) is 0 Å². The molecule has 0 bridgehead atoms. The molecule has 2 N–H and O–H groups in total. The number of nitrogens with zero attached hydrogens (tertiary/aromatic N) is 5. The summed E-state index contributed by atoms with van der Waals surface area (Å²) in [6.45, 7) is 5.49. The molecule has 0 aliphatic heterocycles. The first-order valence-electron chi connectivity index (χ1n) is 9.69. The molecule has 0 radical (unpaired) electrons. The number of benzene rings is 1. The third-order valence-electron chi connectivity index (χ3n) is 4.76. The number of nitrogen functional groups attached to an aromatic ring is 1. The molecule has 10 heteroatoms. The van der Waals surface area contributed by atoms with Gasteiger partial charge in [0.1, 0.15) is 5.76 Å². The number of carbonyl (C=O) groups is 1. The van der Waals surface area contributed by atoms with Gasteiger partial charge in [0.25, 0.3) is 0 Å². The molecule has 0 unspecified atom stereocenters. The van der Waals surface area contributed by atoms with Gasteiger partial charge in [-0.1, -0.05) is 30.8 Å². The Kier molecular flexibility index (Phi) is 6.10. The highest BCUT2D eigenvalue weighted by atomic mass is 32.2. The van der Waals surface area contributed by atoms with Crippen LogP contribution in [-0.4, -0.2) is 25.8 Å². The first kappa shape index (κ1) is 21.1. The Morgan fingerprint density at radius 2 is 2.03 bits per heavy atom. The number of carbonyl (C=O) groups excluding carboxylic acids is 1. The Bertz CT molecular complexity index is 1190. The summed E-state index contributed by atoms with van der Waals surface area (Å²) in [6.07, 6.45) is 2.55. The molecule has 0 atom stereocenters. The van der Waals surface area contributed by atoms with Crippen molar-refractivity contribution in [3.05, 3.63) is 59.0 Å². The normalized spacial score (nSPS) is 11.1. The van der Waals surface area contributed by atoms with Crippen LogP contribution in [0.4, 0.5) is 10.8 Å². The van der Waals surface area contributed by atoms with Crippen molar-refractivity contribution in [2.45, 2.75) is 38.1 Å². The fraction of sp³-hybridized carbons (Fsp3) is 0.238. The summed E-state index contributed by atoms with van der Waals surface area (Å²) >= 11 is 2.86. The van der Waals surface area contributed by atoms with Crippen molar-refractivity contribution in [2.75, 3.05) is 10.7 Å². The van der Waals surface area contributed by atoms with Crippen molar-refractivity contribution in [1.82, 2.24) is 19.9 Å². The molecule has 0 fully saturated rings. The highest BCUT2D eigenvalue weighted by molar-refractivity contribution is 7.98. The first-order chi connectivity index (χ1) is 15.0. The van der Waals surface area contributed by atoms with Crippen LogP contribution in [-0.2, 0) is 17.0 Å². The molecule has 0 aliphatic rings. The number of aryl methyl sites for hydroxylation is 2. The summed E-state index contributed by atoms with van der Waals surface area (Å²) in [4.78, 5) is 18.6. The lowest BCUT2D eigenvalue weighted by atomic mass is 10.1. The smallest absolute Gasteiger partial charge is 0.230 e. The molecular weight excluding hydrogens is 432 g/mol. The zero-order valence-electron chi connectivity index (χ0n) is 17.4. The number of thioether (sulfide) groups is 1. The third-order valence-corrected chi connectivity index (χ3v) is 6.61. The molecule has 4 aromatic rings. The number of furan rings is 1. The van der Waals surface area contributed by atoms with E-state index in [1.54, 1.807) is 18.1 Å². The average molecular weight is 455 g/mol. The molecule has 1 aromatic carbocycles. The van der Waals surface area contributed by atoms with E-state index in [4.69, 9.17) is 10.3 Å². The topological polar surface area (TPSA) is 103 Å². The van der Waals surface area contributed by atoms with Gasteiger partial charge in [0.05, 0.1) is 23.2 Å². The number of rotatable bonds is 7. The maximum Gasteiger partial charge on any atom is 0.230 e. The Balaban J connectivity index is 1.49. The lowest BCUT2D eigenvalue weighted by Gasteiger charge is -2.18. The summed E-state index contributed by atoms with van der Waals surface area (Å²) < 4.78 is 6.77. The standard InChI is InChI=1S/C21H22N6O2S2/c1-4-15-5-7-17(8-6-15)26(14(3)28)20-23-16(11-30-20)12-31-21-25-24-19(27(21)22)18-9-10-29-13(18)2/h5-11H,4,12,22H2,1-3H3. The van der Waals surface area contributed by atoms with E-state index in [0.717, 1.165) is 29.1 Å². The summed E-state index contributed by atoms with van der Waals surface area (Å²) in [6, 6.07) is 9.78. The second kappa shape index (κ2) is 8.94. The SMILES string of the molecule is CCc1ccc(N(C(C)=O)c2nc(CSc3nnc(-c4ccoc4C)n3N)cs2)cc1. The van der Waals surface area contributed by atoms with Crippen LogP contribution in [0.1, 0.15) is 30.9 Å². The van der Waals surface area contributed by atoms with E-state index < -0.39 is 0 Å². The van der Waals surface area contributed by atoms with Crippen LogP contribution in [0, 0.1) is 6.92 Å². The molecule has 3 aromatic heterocycles. The largest absolute Gasteiger partial charge is 0.469 e. The number of aromatic nitrogens is 4. The van der Waals surface area contributed by atoms with Crippen molar-refractivity contribution < 1.29 is 9.21 Å². The predicted octanol–water partition coefficient (Wildman–Crippen LogP) is 4.56. The number of thiazole rings is 1. The fourth-order valence-corrected chi connectivity index (χ4v) is 4.83. The molecule has 160 valence electrons. The zero-order valence-corrected chi connectivity index (χ0v) is 19.0. The van der Waals surface area contributed by atoms with Crippen molar-refractivity contribution in [1.29, 1.82) is 0 Å². The maximum absolute atomic E-state index is 12.3. The van der Waals surface area contributed by atoms with E-state index in [-0.39, 0.29) is 5.91 Å². The van der Waals surface area contributed by atoms with Gasteiger partial charge in [-0.15, -0.1) is 21.5 Å². The van der Waals surface area contributed by atoms with Gasteiger partial charge in [-0.05, 0) is 37.1 Å². The Morgan fingerprint density at radius 3 is 2.68 bits per heavy atom. The summed E-state index contributed by atoms with van der Waals surface area (Å²) in [5, 5.41) is 11.5. The van der Waals surface area contributed by atoms with E-state index in [0.29, 0.717) is 21.9 Å². The zero-order chi connectivity index (χ0) is 22.0. The quantitative estimate of drug-likeness (QED) is 0.323. The Morgan fingerprint density at radius 1 is 1.26 bits per heavy atom. The molecule has 0 saturated carbocycles. The fourth-order valence-electron chi connectivity index (χ4n) is 3.09. The van der Waals surface area contributed by atoms with Crippen molar-refractivity contribution >= 4 is 39.8 Å². The minimum atomic E-state index is -0.0837. The van der Waals surface area contributed by atoms with E-state index in [1.165, 1.54) is 33.3 Å². The molecule has 1 amide bonds. The lowest BCUT2D eigenvalue weighted by molar-refractivity contribution is -0.115. The van der Waals surface area contributed by atoms with Crippen molar-refractivity contribution in [3.63, 3.8) is 0 Å². The van der Waals surface area contributed by atoms with Crippen LogP contribution in [0.15, 0.2) is 51.5 Å². The van der Waals surface area contributed by atoms with Crippen LogP contribution in [0.3, 0.4) is 0 Å². The van der Waals surface area contributed by atoms with Gasteiger partial charge in [0, 0.05) is 18.1 Å². The summed E-state index contributed by atoms with van der Waals surface area (Å²) in [5.41, 5.74) is 3.67.